The van der Waals surface area contributed by atoms with Gasteiger partial charge < -0.3 is 25.3 Å². The molecule has 2 N–H and O–H groups in total. The molecule has 4 rings (SSSR count). The number of benzene rings is 1. The Labute approximate surface area is 175 Å². The third-order valence-corrected chi connectivity index (χ3v) is 6.30. The van der Waals surface area contributed by atoms with Crippen LogP contribution >= 0.6 is 11.6 Å². The van der Waals surface area contributed by atoms with Gasteiger partial charge in [-0.3, -0.25) is 14.4 Å². The highest BCUT2D eigenvalue weighted by atomic mass is 35.5. The second-order valence-electron chi connectivity index (χ2n) is 8.10. The van der Waals surface area contributed by atoms with Crippen LogP contribution in [0.15, 0.2) is 18.2 Å². The maximum absolute atomic E-state index is 12.7. The van der Waals surface area contributed by atoms with Crippen molar-refractivity contribution < 1.29 is 14.4 Å². The Morgan fingerprint density at radius 1 is 1.10 bits per heavy atom. The molecule has 2 fully saturated rings. The average molecular weight is 420 g/mol. The van der Waals surface area contributed by atoms with Gasteiger partial charge in [0.1, 0.15) is 5.66 Å². The number of halogens is 1. The summed E-state index contributed by atoms with van der Waals surface area (Å²) in [5, 5.41) is 6.93. The summed E-state index contributed by atoms with van der Waals surface area (Å²) in [6, 6.07) is 5.16. The number of anilines is 1. The zero-order valence-corrected chi connectivity index (χ0v) is 17.3. The summed E-state index contributed by atoms with van der Waals surface area (Å²) >= 11 is 6.01. The number of carbonyl (C=O) groups is 3. The number of piperazine rings is 1. The second-order valence-corrected chi connectivity index (χ2v) is 8.54. The maximum Gasteiger partial charge on any atom is 0.255 e. The lowest BCUT2D eigenvalue weighted by Crippen LogP contribution is -2.58. The van der Waals surface area contributed by atoms with E-state index in [0.717, 1.165) is 13.1 Å². The lowest BCUT2D eigenvalue weighted by Gasteiger charge is -2.40. The van der Waals surface area contributed by atoms with Gasteiger partial charge in [0.05, 0.1) is 12.1 Å². The molecule has 1 atom stereocenters. The molecule has 29 heavy (non-hydrogen) atoms. The molecule has 0 radical (unpaired) electrons. The number of fused-ring (bicyclic) bond motifs is 1. The third-order valence-electron chi connectivity index (χ3n) is 6.06. The minimum Gasteiger partial charge on any atom is -0.362 e. The van der Waals surface area contributed by atoms with Gasteiger partial charge in [0.25, 0.3) is 5.91 Å². The van der Waals surface area contributed by atoms with E-state index >= 15 is 0 Å². The lowest BCUT2D eigenvalue weighted by atomic mass is 9.95. The highest BCUT2D eigenvalue weighted by molar-refractivity contribution is 6.31. The monoisotopic (exact) mass is 419 g/mol. The molecule has 1 spiro atoms. The number of carbonyl (C=O) groups excluding carboxylic acids is 3. The topological polar surface area (TPSA) is 85.0 Å². The van der Waals surface area contributed by atoms with Gasteiger partial charge >= 0.3 is 0 Å². The Balaban J connectivity index is 1.43. The quantitative estimate of drug-likeness (QED) is 0.746. The molecule has 1 aromatic carbocycles. The Morgan fingerprint density at radius 3 is 2.62 bits per heavy atom. The number of hydrogen-bond acceptors (Lipinski definition) is 5. The van der Waals surface area contributed by atoms with Crippen molar-refractivity contribution >= 4 is 35.0 Å². The summed E-state index contributed by atoms with van der Waals surface area (Å²) in [4.78, 5) is 43.6. The van der Waals surface area contributed by atoms with Gasteiger partial charge in [-0.15, -0.1) is 0 Å². The van der Waals surface area contributed by atoms with Crippen LogP contribution < -0.4 is 10.6 Å². The van der Waals surface area contributed by atoms with E-state index in [0.29, 0.717) is 48.7 Å². The van der Waals surface area contributed by atoms with E-state index in [1.165, 1.54) is 0 Å². The number of hydrogen-bond donors (Lipinski definition) is 2. The van der Waals surface area contributed by atoms with Gasteiger partial charge in [-0.2, -0.15) is 0 Å². The van der Waals surface area contributed by atoms with Crippen LogP contribution in [-0.2, 0) is 9.59 Å². The van der Waals surface area contributed by atoms with Crippen molar-refractivity contribution in [2.75, 3.05) is 51.6 Å². The summed E-state index contributed by atoms with van der Waals surface area (Å²) < 4.78 is 0. The number of likely N-dealkylation sites (N-methyl/N-ethyl adjacent to an activating group) is 1. The van der Waals surface area contributed by atoms with E-state index < -0.39 is 5.66 Å². The number of likely N-dealkylation sites (tertiary alicyclic amines) is 1. The van der Waals surface area contributed by atoms with Gasteiger partial charge in [-0.25, -0.2) is 0 Å². The SMILES string of the molecule is CN1CCN(C(=O)CN2CCC3(CCC2=O)NC(=O)c2cc(Cl)ccc2N3)CC1. The molecule has 9 heteroatoms. The Kier molecular flexibility index (Phi) is 5.40. The molecular weight excluding hydrogens is 394 g/mol. The molecule has 8 nitrogen and oxygen atoms in total. The first kappa shape index (κ1) is 20.0. The molecule has 0 aromatic heterocycles. The van der Waals surface area contributed by atoms with Crippen molar-refractivity contribution in [2.45, 2.75) is 24.9 Å². The van der Waals surface area contributed by atoms with E-state index in [1.807, 2.05) is 11.9 Å². The minimum atomic E-state index is -0.695. The van der Waals surface area contributed by atoms with Crippen LogP contribution in [0.1, 0.15) is 29.6 Å². The van der Waals surface area contributed by atoms with Crippen molar-refractivity contribution in [1.82, 2.24) is 20.0 Å². The standard InChI is InChI=1S/C20H26ClN5O3/c1-24-8-10-25(11-9-24)18(28)13-26-7-6-20(5-4-17(26)27)22-16-3-2-14(21)12-15(16)19(29)23-20/h2-3,12,22H,4-11,13H2,1H3,(H,23,29). The molecule has 3 heterocycles. The first-order valence-electron chi connectivity index (χ1n) is 10.00. The zero-order chi connectivity index (χ0) is 20.6. The Hall–Kier alpha value is -2.32. The van der Waals surface area contributed by atoms with Crippen molar-refractivity contribution in [3.63, 3.8) is 0 Å². The fraction of sp³-hybridized carbons (Fsp3) is 0.550. The van der Waals surface area contributed by atoms with Crippen LogP contribution in [0.25, 0.3) is 0 Å². The molecule has 3 aliphatic heterocycles. The number of nitrogens with zero attached hydrogens (tertiary/aromatic N) is 3. The van der Waals surface area contributed by atoms with Crippen LogP contribution in [0.3, 0.4) is 0 Å². The first-order chi connectivity index (χ1) is 13.8. The summed E-state index contributed by atoms with van der Waals surface area (Å²) in [5.41, 5.74) is 0.521. The summed E-state index contributed by atoms with van der Waals surface area (Å²) in [6.45, 7) is 3.59. The summed E-state index contributed by atoms with van der Waals surface area (Å²) in [7, 11) is 2.04. The number of nitrogens with one attached hydrogen (secondary N) is 2. The average Bonchev–Trinajstić information content (AvgIpc) is 2.83. The van der Waals surface area contributed by atoms with Crippen LogP contribution in [-0.4, -0.2) is 84.4 Å². The highest BCUT2D eigenvalue weighted by Crippen LogP contribution is 2.33. The third kappa shape index (κ3) is 4.18. The van der Waals surface area contributed by atoms with Crippen molar-refractivity contribution in [1.29, 1.82) is 0 Å². The molecule has 1 unspecified atom stereocenters. The predicted octanol–water partition coefficient (Wildman–Crippen LogP) is 0.978. The molecule has 156 valence electrons. The Morgan fingerprint density at radius 2 is 1.86 bits per heavy atom. The summed E-state index contributed by atoms with van der Waals surface area (Å²) in [5.74, 6) is -0.263. The van der Waals surface area contributed by atoms with Crippen molar-refractivity contribution in [2.24, 2.45) is 0 Å². The minimum absolute atomic E-state index is 0.0111. The van der Waals surface area contributed by atoms with Crippen LogP contribution in [0.4, 0.5) is 5.69 Å². The van der Waals surface area contributed by atoms with Gasteiger partial charge in [-0.05, 0) is 31.7 Å². The molecule has 0 aliphatic carbocycles. The first-order valence-corrected chi connectivity index (χ1v) is 10.4. The molecular formula is C20H26ClN5O3. The van der Waals surface area contributed by atoms with Crippen molar-refractivity contribution in [3.05, 3.63) is 28.8 Å². The maximum atomic E-state index is 12.7. The Bertz CT molecular complexity index is 839. The van der Waals surface area contributed by atoms with Crippen LogP contribution in [0.2, 0.25) is 5.02 Å². The van der Waals surface area contributed by atoms with E-state index in [1.54, 1.807) is 23.1 Å². The highest BCUT2D eigenvalue weighted by Gasteiger charge is 2.41. The predicted molar refractivity (Wildman–Crippen MR) is 110 cm³/mol. The second kappa shape index (κ2) is 7.84. The van der Waals surface area contributed by atoms with E-state index in [4.69, 9.17) is 11.6 Å². The zero-order valence-electron chi connectivity index (χ0n) is 16.5. The largest absolute Gasteiger partial charge is 0.362 e. The molecule has 2 saturated heterocycles. The van der Waals surface area contributed by atoms with Crippen LogP contribution in [0, 0.1) is 0 Å². The molecule has 0 bridgehead atoms. The van der Waals surface area contributed by atoms with Gasteiger partial charge in [0.2, 0.25) is 11.8 Å². The smallest absolute Gasteiger partial charge is 0.255 e. The van der Waals surface area contributed by atoms with Gasteiger partial charge in [0.15, 0.2) is 0 Å². The fourth-order valence-electron chi connectivity index (χ4n) is 4.18. The van der Waals surface area contributed by atoms with E-state index in [9.17, 15) is 14.4 Å². The lowest BCUT2D eigenvalue weighted by molar-refractivity contribution is -0.141. The molecule has 0 saturated carbocycles. The van der Waals surface area contributed by atoms with Gasteiger partial charge in [-0.1, -0.05) is 11.6 Å². The van der Waals surface area contributed by atoms with Gasteiger partial charge in [0, 0.05) is 56.3 Å². The van der Waals surface area contributed by atoms with Crippen molar-refractivity contribution in [3.8, 4) is 0 Å². The van der Waals surface area contributed by atoms with E-state index in [-0.39, 0.29) is 30.7 Å². The fourth-order valence-corrected chi connectivity index (χ4v) is 4.35. The molecule has 1 aromatic rings. The normalized spacial score (nSPS) is 25.3. The molecule has 3 amide bonds. The van der Waals surface area contributed by atoms with E-state index in [2.05, 4.69) is 15.5 Å². The number of amides is 3. The summed E-state index contributed by atoms with van der Waals surface area (Å²) in [6.07, 6.45) is 1.27. The van der Waals surface area contributed by atoms with Crippen LogP contribution in [0.5, 0.6) is 0 Å². The molecule has 3 aliphatic rings. The number of rotatable bonds is 2.